The SMILES string of the molecule is Cc1c(Cl)ccc2c1CC(C1=CNC(C=S)N1)C2. The number of allylic oxidation sites excluding steroid dienone is 1. The van der Waals surface area contributed by atoms with E-state index >= 15 is 0 Å². The number of rotatable bonds is 2. The number of benzene rings is 1. The van der Waals surface area contributed by atoms with Gasteiger partial charge in [-0.15, -0.1) is 0 Å². The van der Waals surface area contributed by atoms with Crippen molar-refractivity contribution in [3.05, 3.63) is 45.7 Å². The fraction of sp³-hybridized carbons (Fsp3) is 0.357. The van der Waals surface area contributed by atoms with E-state index in [2.05, 4.69) is 29.8 Å². The van der Waals surface area contributed by atoms with Crippen LogP contribution in [0.25, 0.3) is 0 Å². The third kappa shape index (κ3) is 1.91. The molecule has 18 heavy (non-hydrogen) atoms. The van der Waals surface area contributed by atoms with Gasteiger partial charge in [-0.05, 0) is 42.5 Å². The Morgan fingerprint density at radius 3 is 2.94 bits per heavy atom. The van der Waals surface area contributed by atoms with Crippen LogP contribution in [0.3, 0.4) is 0 Å². The van der Waals surface area contributed by atoms with Crippen LogP contribution in [0.1, 0.15) is 16.7 Å². The molecule has 1 aromatic rings. The van der Waals surface area contributed by atoms with Crippen molar-refractivity contribution in [3.8, 4) is 0 Å². The minimum Gasteiger partial charge on any atom is -0.366 e. The first-order valence-corrected chi connectivity index (χ1v) is 6.99. The highest BCUT2D eigenvalue weighted by molar-refractivity contribution is 7.79. The van der Waals surface area contributed by atoms with Crippen LogP contribution >= 0.6 is 23.8 Å². The highest BCUT2D eigenvalue weighted by Crippen LogP contribution is 2.35. The molecule has 1 aliphatic heterocycles. The fourth-order valence-corrected chi connectivity index (χ4v) is 3.14. The van der Waals surface area contributed by atoms with Gasteiger partial charge in [-0.25, -0.2) is 0 Å². The topological polar surface area (TPSA) is 24.1 Å². The number of halogens is 1. The smallest absolute Gasteiger partial charge is 0.126 e. The minimum atomic E-state index is 0.100. The molecule has 2 nitrogen and oxygen atoms in total. The fourth-order valence-electron chi connectivity index (χ4n) is 2.82. The molecule has 4 heteroatoms. The minimum absolute atomic E-state index is 0.100. The molecule has 0 saturated carbocycles. The number of fused-ring (bicyclic) bond motifs is 1. The summed E-state index contributed by atoms with van der Waals surface area (Å²) in [4.78, 5) is 0. The third-order valence-corrected chi connectivity index (χ3v) is 4.54. The maximum absolute atomic E-state index is 6.18. The van der Waals surface area contributed by atoms with Crippen molar-refractivity contribution in [3.63, 3.8) is 0 Å². The first-order valence-electron chi connectivity index (χ1n) is 6.14. The summed E-state index contributed by atoms with van der Waals surface area (Å²) in [6.07, 6.45) is 4.30. The van der Waals surface area contributed by atoms with Crippen molar-refractivity contribution in [1.29, 1.82) is 0 Å². The third-order valence-electron chi connectivity index (χ3n) is 3.86. The summed E-state index contributed by atoms with van der Waals surface area (Å²) in [7, 11) is 0. The van der Waals surface area contributed by atoms with Gasteiger partial charge in [-0.1, -0.05) is 29.9 Å². The van der Waals surface area contributed by atoms with Crippen LogP contribution in [-0.2, 0) is 12.8 Å². The van der Waals surface area contributed by atoms with E-state index in [0.29, 0.717) is 5.92 Å². The summed E-state index contributed by atoms with van der Waals surface area (Å²) in [5, 5.41) is 9.22. The van der Waals surface area contributed by atoms with Gasteiger partial charge < -0.3 is 10.6 Å². The van der Waals surface area contributed by atoms with Gasteiger partial charge in [0.05, 0.1) is 0 Å². The van der Waals surface area contributed by atoms with Crippen molar-refractivity contribution in [2.45, 2.75) is 25.9 Å². The average molecular weight is 279 g/mol. The number of hydrogen-bond acceptors (Lipinski definition) is 3. The molecule has 94 valence electrons. The molecule has 2 unspecified atom stereocenters. The Kier molecular flexibility index (Phi) is 3.04. The molecule has 2 atom stereocenters. The molecule has 1 aromatic carbocycles. The second-order valence-electron chi connectivity index (χ2n) is 4.94. The lowest BCUT2D eigenvalue weighted by Gasteiger charge is -2.13. The quantitative estimate of drug-likeness (QED) is 0.814. The summed E-state index contributed by atoms with van der Waals surface area (Å²) in [5.41, 5.74) is 5.33. The van der Waals surface area contributed by atoms with Crippen LogP contribution in [0, 0.1) is 12.8 Å². The lowest BCUT2D eigenvalue weighted by atomic mass is 10.0. The van der Waals surface area contributed by atoms with Crippen LogP contribution in [0.2, 0.25) is 5.02 Å². The highest BCUT2D eigenvalue weighted by atomic mass is 35.5. The molecule has 0 aromatic heterocycles. The van der Waals surface area contributed by atoms with E-state index in [1.54, 1.807) is 5.37 Å². The van der Waals surface area contributed by atoms with Gasteiger partial charge in [-0.2, -0.15) is 0 Å². The molecular formula is C14H15ClN2S. The van der Waals surface area contributed by atoms with Gasteiger partial charge in [0.2, 0.25) is 0 Å². The molecule has 0 bridgehead atoms. The normalized spacial score (nSPS) is 25.1. The summed E-state index contributed by atoms with van der Waals surface area (Å²) >= 11 is 11.1. The Hall–Kier alpha value is -1.06. The van der Waals surface area contributed by atoms with E-state index in [1.807, 2.05) is 6.07 Å². The van der Waals surface area contributed by atoms with E-state index in [0.717, 1.165) is 17.9 Å². The molecule has 1 heterocycles. The zero-order chi connectivity index (χ0) is 12.7. The predicted molar refractivity (Wildman–Crippen MR) is 78.9 cm³/mol. The summed E-state index contributed by atoms with van der Waals surface area (Å²) in [5.74, 6) is 0.518. The Bertz CT molecular complexity index is 539. The lowest BCUT2D eigenvalue weighted by Crippen LogP contribution is -2.34. The largest absolute Gasteiger partial charge is 0.366 e. The maximum atomic E-state index is 6.18. The molecule has 3 rings (SSSR count). The molecule has 0 saturated heterocycles. The van der Waals surface area contributed by atoms with Crippen LogP contribution < -0.4 is 10.6 Å². The van der Waals surface area contributed by atoms with Gasteiger partial charge in [-0.3, -0.25) is 0 Å². The first kappa shape index (κ1) is 12.0. The van der Waals surface area contributed by atoms with Crippen molar-refractivity contribution in [2.24, 2.45) is 5.92 Å². The van der Waals surface area contributed by atoms with E-state index in [9.17, 15) is 0 Å². The van der Waals surface area contributed by atoms with E-state index in [1.165, 1.54) is 22.4 Å². The van der Waals surface area contributed by atoms with E-state index < -0.39 is 0 Å². The standard InChI is InChI=1S/C14H15ClN2S/c1-8-11-5-10(4-9(11)2-3-12(8)15)13-6-16-14(7-18)17-13/h2-3,6-7,10,14,16-17H,4-5H2,1H3. The molecular weight excluding hydrogens is 264 g/mol. The van der Waals surface area contributed by atoms with Crippen molar-refractivity contribution < 1.29 is 0 Å². The van der Waals surface area contributed by atoms with Crippen molar-refractivity contribution >= 4 is 29.2 Å². The van der Waals surface area contributed by atoms with E-state index in [-0.39, 0.29) is 6.17 Å². The van der Waals surface area contributed by atoms with Crippen LogP contribution in [-0.4, -0.2) is 11.5 Å². The van der Waals surface area contributed by atoms with Crippen LogP contribution in [0.15, 0.2) is 24.0 Å². The zero-order valence-electron chi connectivity index (χ0n) is 10.2. The molecule has 0 fully saturated rings. The number of nitrogens with one attached hydrogen (secondary N) is 2. The zero-order valence-corrected chi connectivity index (χ0v) is 11.7. The second kappa shape index (κ2) is 4.56. The van der Waals surface area contributed by atoms with Gasteiger partial charge in [0, 0.05) is 28.2 Å². The van der Waals surface area contributed by atoms with Crippen LogP contribution in [0.5, 0.6) is 0 Å². The molecule has 0 amide bonds. The summed E-state index contributed by atoms with van der Waals surface area (Å²) in [6, 6.07) is 4.16. The Morgan fingerprint density at radius 1 is 1.39 bits per heavy atom. The molecule has 0 spiro atoms. The Labute approximate surface area is 117 Å². The van der Waals surface area contributed by atoms with Gasteiger partial charge in [0.1, 0.15) is 6.17 Å². The summed E-state index contributed by atoms with van der Waals surface area (Å²) in [6.45, 7) is 2.11. The predicted octanol–water partition coefficient (Wildman–Crippen LogP) is 2.72. The maximum Gasteiger partial charge on any atom is 0.126 e. The number of hydrogen-bond donors (Lipinski definition) is 2. The number of thiocarbonyl (C=S) groups is 1. The molecule has 0 radical (unpaired) electrons. The van der Waals surface area contributed by atoms with Crippen molar-refractivity contribution in [2.75, 3.05) is 0 Å². The lowest BCUT2D eigenvalue weighted by molar-refractivity contribution is 0.591. The first-order chi connectivity index (χ1) is 8.69. The summed E-state index contributed by atoms with van der Waals surface area (Å²) < 4.78 is 0. The van der Waals surface area contributed by atoms with Gasteiger partial charge in [0.25, 0.3) is 0 Å². The van der Waals surface area contributed by atoms with Crippen LogP contribution in [0.4, 0.5) is 0 Å². The average Bonchev–Trinajstić information content (AvgIpc) is 2.99. The Morgan fingerprint density at radius 2 is 2.22 bits per heavy atom. The molecule has 2 N–H and O–H groups in total. The molecule has 1 aliphatic carbocycles. The second-order valence-corrected chi connectivity index (χ2v) is 5.62. The van der Waals surface area contributed by atoms with Crippen molar-refractivity contribution in [1.82, 2.24) is 10.6 Å². The van der Waals surface area contributed by atoms with Gasteiger partial charge in [0.15, 0.2) is 0 Å². The van der Waals surface area contributed by atoms with E-state index in [4.69, 9.17) is 23.8 Å². The monoisotopic (exact) mass is 278 g/mol. The molecule has 2 aliphatic rings. The Balaban J connectivity index is 1.82. The highest BCUT2D eigenvalue weighted by Gasteiger charge is 2.29. The van der Waals surface area contributed by atoms with Gasteiger partial charge >= 0.3 is 0 Å².